The lowest BCUT2D eigenvalue weighted by Crippen LogP contribution is -2.02. The Morgan fingerprint density at radius 1 is 0.389 bits per heavy atom. The molecule has 0 amide bonds. The molecule has 0 saturated carbocycles. The Kier molecular flexibility index (Phi) is 17.8. The summed E-state index contributed by atoms with van der Waals surface area (Å²) in [7, 11) is 0. The fourth-order valence-electron chi connectivity index (χ4n) is 4.66. The topological polar surface area (TPSA) is 18.5 Å². The molecule has 2 heteroatoms. The van der Waals surface area contributed by atoms with Crippen molar-refractivity contribution in [3.63, 3.8) is 0 Å². The number of hydrogen-bond acceptors (Lipinski definition) is 2. The Labute approximate surface area is 223 Å². The summed E-state index contributed by atoms with van der Waals surface area (Å²) in [5.74, 6) is 1.96. The summed E-state index contributed by atoms with van der Waals surface area (Å²) in [6.45, 7) is 6.05. The fraction of sp³-hybridized carbons (Fsp3) is 0.647. The molecule has 0 N–H and O–H groups in total. The average molecular weight is 495 g/mol. The maximum absolute atomic E-state index is 5.93. The lowest BCUT2D eigenvalue weighted by molar-refractivity contribution is 0.266. The molecule has 2 aromatic rings. The van der Waals surface area contributed by atoms with Crippen LogP contribution in [0.25, 0.3) is 0 Å². The SMILES string of the molecule is CCCCCCCCCc1ccc(OCCCCOc2ccc(CCCCCCCCC)cc2)cc1. The third-order valence-corrected chi connectivity index (χ3v) is 7.06. The minimum atomic E-state index is 0.748. The quantitative estimate of drug-likeness (QED) is 0.143. The van der Waals surface area contributed by atoms with Gasteiger partial charge in [-0.15, -0.1) is 0 Å². The van der Waals surface area contributed by atoms with Crippen molar-refractivity contribution >= 4 is 0 Å². The first-order chi connectivity index (χ1) is 17.8. The summed E-state index contributed by atoms with van der Waals surface area (Å²) in [6, 6.07) is 17.4. The zero-order valence-electron chi connectivity index (χ0n) is 23.6. The van der Waals surface area contributed by atoms with E-state index in [-0.39, 0.29) is 0 Å². The molecule has 0 atom stereocenters. The molecule has 2 rings (SSSR count). The van der Waals surface area contributed by atoms with Gasteiger partial charge in [-0.2, -0.15) is 0 Å². The summed E-state index contributed by atoms with van der Waals surface area (Å²) >= 11 is 0. The van der Waals surface area contributed by atoms with Gasteiger partial charge in [-0.05, 0) is 73.9 Å². The van der Waals surface area contributed by atoms with E-state index >= 15 is 0 Å². The molecule has 0 saturated heterocycles. The molecule has 2 nitrogen and oxygen atoms in total. The molecule has 36 heavy (non-hydrogen) atoms. The van der Waals surface area contributed by atoms with Crippen molar-refractivity contribution in [1.82, 2.24) is 0 Å². The summed E-state index contributed by atoms with van der Waals surface area (Å²) < 4.78 is 11.9. The largest absolute Gasteiger partial charge is 0.494 e. The summed E-state index contributed by atoms with van der Waals surface area (Å²) in [6.07, 6.45) is 23.5. The monoisotopic (exact) mass is 494 g/mol. The van der Waals surface area contributed by atoms with Gasteiger partial charge < -0.3 is 9.47 Å². The molecule has 0 aliphatic rings. The van der Waals surface area contributed by atoms with Crippen LogP contribution >= 0.6 is 0 Å². The van der Waals surface area contributed by atoms with Crippen LogP contribution in [0.4, 0.5) is 0 Å². The highest BCUT2D eigenvalue weighted by Gasteiger charge is 2.00. The Balaban J connectivity index is 1.46. The van der Waals surface area contributed by atoms with Crippen molar-refractivity contribution in [2.75, 3.05) is 13.2 Å². The minimum absolute atomic E-state index is 0.748. The van der Waals surface area contributed by atoms with Crippen molar-refractivity contribution in [3.8, 4) is 11.5 Å². The van der Waals surface area contributed by atoms with Crippen molar-refractivity contribution < 1.29 is 9.47 Å². The van der Waals surface area contributed by atoms with E-state index in [1.807, 2.05) is 0 Å². The highest BCUT2D eigenvalue weighted by molar-refractivity contribution is 5.28. The smallest absolute Gasteiger partial charge is 0.119 e. The second-order valence-electron chi connectivity index (χ2n) is 10.4. The van der Waals surface area contributed by atoms with Crippen LogP contribution in [0.3, 0.4) is 0 Å². The lowest BCUT2D eigenvalue weighted by atomic mass is 10.0. The average Bonchev–Trinajstić information content (AvgIpc) is 2.91. The number of aryl methyl sites for hydroxylation is 2. The molecule has 2 aromatic carbocycles. The Bertz CT molecular complexity index is 669. The van der Waals surface area contributed by atoms with Gasteiger partial charge >= 0.3 is 0 Å². The van der Waals surface area contributed by atoms with Crippen LogP contribution in [0.5, 0.6) is 11.5 Å². The maximum atomic E-state index is 5.93. The molecule has 0 radical (unpaired) electrons. The van der Waals surface area contributed by atoms with Gasteiger partial charge in [-0.3, -0.25) is 0 Å². The molecule has 0 aromatic heterocycles. The predicted molar refractivity (Wildman–Crippen MR) is 157 cm³/mol. The van der Waals surface area contributed by atoms with Gasteiger partial charge in [0.05, 0.1) is 13.2 Å². The van der Waals surface area contributed by atoms with Gasteiger partial charge in [0.25, 0.3) is 0 Å². The van der Waals surface area contributed by atoms with E-state index in [0.29, 0.717) is 0 Å². The number of rotatable bonds is 23. The molecule has 0 spiro atoms. The van der Waals surface area contributed by atoms with Gasteiger partial charge in [-0.1, -0.05) is 115 Å². The Morgan fingerprint density at radius 2 is 0.722 bits per heavy atom. The first-order valence-electron chi connectivity index (χ1n) is 15.2. The highest BCUT2D eigenvalue weighted by Crippen LogP contribution is 2.17. The minimum Gasteiger partial charge on any atom is -0.494 e. The first-order valence-corrected chi connectivity index (χ1v) is 15.2. The first kappa shape index (κ1) is 30.3. The molecule has 202 valence electrons. The zero-order chi connectivity index (χ0) is 25.5. The summed E-state index contributed by atoms with van der Waals surface area (Å²) in [5.41, 5.74) is 2.86. The maximum Gasteiger partial charge on any atom is 0.119 e. The molecule has 0 unspecified atom stereocenters. The lowest BCUT2D eigenvalue weighted by Gasteiger charge is -2.09. The van der Waals surface area contributed by atoms with E-state index in [2.05, 4.69) is 62.4 Å². The molecule has 0 aliphatic heterocycles. The standard InChI is InChI=1S/C34H54O2/c1-3-5-7-9-11-13-15-19-31-21-25-33(26-22-31)35-29-17-18-30-36-34-27-23-32(24-28-34)20-16-14-12-10-8-6-4-2/h21-28H,3-20,29-30H2,1-2H3. The van der Waals surface area contributed by atoms with Gasteiger partial charge in [0.1, 0.15) is 11.5 Å². The van der Waals surface area contributed by atoms with Gasteiger partial charge in [0.2, 0.25) is 0 Å². The Hall–Kier alpha value is -1.96. The zero-order valence-corrected chi connectivity index (χ0v) is 23.6. The molecule has 0 fully saturated rings. The van der Waals surface area contributed by atoms with Gasteiger partial charge in [0, 0.05) is 0 Å². The highest BCUT2D eigenvalue weighted by atomic mass is 16.5. The number of benzene rings is 2. The van der Waals surface area contributed by atoms with E-state index in [9.17, 15) is 0 Å². The van der Waals surface area contributed by atoms with E-state index in [1.54, 1.807) is 0 Å². The van der Waals surface area contributed by atoms with Crippen molar-refractivity contribution in [1.29, 1.82) is 0 Å². The van der Waals surface area contributed by atoms with Crippen LogP contribution in [-0.2, 0) is 12.8 Å². The normalized spacial score (nSPS) is 11.1. The Morgan fingerprint density at radius 3 is 1.08 bits per heavy atom. The summed E-state index contributed by atoms with van der Waals surface area (Å²) in [5, 5.41) is 0. The molecule has 0 aliphatic carbocycles. The molecule has 0 bridgehead atoms. The van der Waals surface area contributed by atoms with Crippen LogP contribution in [0.15, 0.2) is 48.5 Å². The third kappa shape index (κ3) is 15.2. The van der Waals surface area contributed by atoms with Gasteiger partial charge in [-0.25, -0.2) is 0 Å². The fourth-order valence-corrected chi connectivity index (χ4v) is 4.66. The van der Waals surface area contributed by atoms with E-state index in [4.69, 9.17) is 9.47 Å². The molecular formula is C34H54O2. The molecular weight excluding hydrogens is 440 g/mol. The van der Waals surface area contributed by atoms with Crippen LogP contribution in [-0.4, -0.2) is 13.2 Å². The van der Waals surface area contributed by atoms with E-state index in [1.165, 1.54) is 114 Å². The van der Waals surface area contributed by atoms with E-state index in [0.717, 1.165) is 37.6 Å². The number of hydrogen-bond donors (Lipinski definition) is 0. The second-order valence-corrected chi connectivity index (χ2v) is 10.4. The summed E-state index contributed by atoms with van der Waals surface area (Å²) in [4.78, 5) is 0. The predicted octanol–water partition coefficient (Wildman–Crippen LogP) is 10.5. The molecule has 0 heterocycles. The van der Waals surface area contributed by atoms with Gasteiger partial charge in [0.15, 0.2) is 0 Å². The van der Waals surface area contributed by atoms with E-state index < -0.39 is 0 Å². The second kappa shape index (κ2) is 21.2. The van der Waals surface area contributed by atoms with Crippen molar-refractivity contribution in [2.24, 2.45) is 0 Å². The van der Waals surface area contributed by atoms with Crippen molar-refractivity contribution in [3.05, 3.63) is 59.7 Å². The van der Waals surface area contributed by atoms with Crippen molar-refractivity contribution in [2.45, 2.75) is 129 Å². The third-order valence-electron chi connectivity index (χ3n) is 7.06. The van der Waals surface area contributed by atoms with Crippen LogP contribution in [0.2, 0.25) is 0 Å². The number of ether oxygens (including phenoxy) is 2. The van der Waals surface area contributed by atoms with Crippen LogP contribution in [0, 0.1) is 0 Å². The van der Waals surface area contributed by atoms with Crippen LogP contribution < -0.4 is 9.47 Å². The van der Waals surface area contributed by atoms with Crippen LogP contribution in [0.1, 0.15) is 128 Å². The number of unbranched alkanes of at least 4 members (excludes halogenated alkanes) is 13.